The molecule has 0 spiro atoms. The van der Waals surface area contributed by atoms with Gasteiger partial charge < -0.3 is 10.3 Å². The van der Waals surface area contributed by atoms with Crippen molar-refractivity contribution in [2.45, 2.75) is 19.9 Å². The summed E-state index contributed by atoms with van der Waals surface area (Å²) in [6, 6.07) is 8.07. The minimum atomic E-state index is 0.652. The van der Waals surface area contributed by atoms with E-state index in [0.717, 1.165) is 39.9 Å². The van der Waals surface area contributed by atoms with Crippen molar-refractivity contribution in [3.8, 4) is 11.4 Å². The Hall–Kier alpha value is -1.88. The van der Waals surface area contributed by atoms with Crippen molar-refractivity contribution in [2.75, 3.05) is 5.73 Å². The molecule has 2 heterocycles. The number of nitrogens with zero attached hydrogens (tertiary/aromatic N) is 3. The Labute approximate surface area is 125 Å². The highest BCUT2D eigenvalue weighted by Crippen LogP contribution is 2.27. The lowest BCUT2D eigenvalue weighted by atomic mass is 10.2. The molecule has 0 bridgehead atoms. The molecule has 0 aliphatic heterocycles. The van der Waals surface area contributed by atoms with Crippen LogP contribution in [0.3, 0.4) is 0 Å². The van der Waals surface area contributed by atoms with Crippen molar-refractivity contribution in [1.82, 2.24) is 14.5 Å². The van der Waals surface area contributed by atoms with Gasteiger partial charge in [0.25, 0.3) is 0 Å². The number of benzene rings is 1. The molecule has 3 aromatic rings. The second-order valence-corrected chi connectivity index (χ2v) is 5.64. The number of halogens is 1. The van der Waals surface area contributed by atoms with Crippen LogP contribution < -0.4 is 5.73 Å². The number of rotatable bonds is 3. The number of fused-ring (bicyclic) bond motifs is 1. The fraction of sp³-hybridized carbons (Fsp3) is 0.200. The molecule has 0 unspecified atom stereocenters. The van der Waals surface area contributed by atoms with Crippen LogP contribution in [0.2, 0.25) is 0 Å². The topological polar surface area (TPSA) is 56.7 Å². The molecule has 0 saturated carbocycles. The van der Waals surface area contributed by atoms with E-state index in [9.17, 15) is 0 Å². The Morgan fingerprint density at radius 1 is 1.25 bits per heavy atom. The Morgan fingerprint density at radius 2 is 2.10 bits per heavy atom. The Bertz CT molecular complexity index is 764. The molecule has 0 amide bonds. The van der Waals surface area contributed by atoms with Gasteiger partial charge in [-0.2, -0.15) is 0 Å². The normalized spacial score (nSPS) is 11.1. The third kappa shape index (κ3) is 2.29. The number of aryl methyl sites for hydroxylation is 1. The molecule has 2 N–H and O–H groups in total. The van der Waals surface area contributed by atoms with E-state index in [1.165, 1.54) is 0 Å². The third-order valence-corrected chi connectivity index (χ3v) is 3.67. The molecule has 0 atom stereocenters. The molecule has 0 aliphatic rings. The second-order valence-electron chi connectivity index (χ2n) is 4.73. The van der Waals surface area contributed by atoms with E-state index >= 15 is 0 Å². The van der Waals surface area contributed by atoms with Crippen LogP contribution >= 0.6 is 15.9 Å². The van der Waals surface area contributed by atoms with Gasteiger partial charge in [0, 0.05) is 29.0 Å². The van der Waals surface area contributed by atoms with Crippen LogP contribution in [-0.4, -0.2) is 14.5 Å². The van der Waals surface area contributed by atoms with Crippen molar-refractivity contribution >= 4 is 32.7 Å². The summed E-state index contributed by atoms with van der Waals surface area (Å²) in [4.78, 5) is 8.90. The van der Waals surface area contributed by atoms with Crippen molar-refractivity contribution < 1.29 is 0 Å². The van der Waals surface area contributed by atoms with Gasteiger partial charge in [0.05, 0.1) is 16.7 Å². The smallest absolute Gasteiger partial charge is 0.142 e. The molecular weight excluding hydrogens is 316 g/mol. The third-order valence-electron chi connectivity index (χ3n) is 3.18. The van der Waals surface area contributed by atoms with Gasteiger partial charge >= 0.3 is 0 Å². The summed E-state index contributed by atoms with van der Waals surface area (Å²) in [5.41, 5.74) is 9.54. The Kier molecular flexibility index (Phi) is 3.44. The molecule has 2 aromatic heterocycles. The first-order valence-electron chi connectivity index (χ1n) is 6.55. The molecular formula is C15H15BrN4. The zero-order valence-electron chi connectivity index (χ0n) is 11.2. The number of pyridine rings is 1. The van der Waals surface area contributed by atoms with Gasteiger partial charge in [0.1, 0.15) is 5.82 Å². The van der Waals surface area contributed by atoms with E-state index in [1.807, 2.05) is 18.2 Å². The summed E-state index contributed by atoms with van der Waals surface area (Å²) in [7, 11) is 0. The number of imidazole rings is 1. The Balaban J connectivity index is 2.25. The van der Waals surface area contributed by atoms with Gasteiger partial charge in [-0.15, -0.1) is 0 Å². The van der Waals surface area contributed by atoms with Crippen molar-refractivity contribution in [1.29, 1.82) is 0 Å². The first-order valence-corrected chi connectivity index (χ1v) is 7.35. The summed E-state index contributed by atoms with van der Waals surface area (Å²) in [6.07, 6.45) is 4.50. The van der Waals surface area contributed by atoms with Crippen molar-refractivity contribution in [3.05, 3.63) is 41.1 Å². The quantitative estimate of drug-likeness (QED) is 0.793. The van der Waals surface area contributed by atoms with E-state index in [0.29, 0.717) is 5.69 Å². The van der Waals surface area contributed by atoms with Crippen LogP contribution in [0, 0.1) is 0 Å². The second kappa shape index (κ2) is 5.25. The maximum atomic E-state index is 5.83. The summed E-state index contributed by atoms with van der Waals surface area (Å²) >= 11 is 3.49. The standard InChI is InChI=1S/C15H15BrN4/c1-2-5-20-14-4-3-11(16)7-13(14)19-15(20)10-6-12(17)9-18-8-10/h3-4,6-9H,2,5,17H2,1H3. The highest BCUT2D eigenvalue weighted by Gasteiger charge is 2.12. The number of nitrogens with two attached hydrogens (primary N) is 1. The van der Waals surface area contributed by atoms with Gasteiger partial charge in [-0.3, -0.25) is 4.98 Å². The lowest BCUT2D eigenvalue weighted by Gasteiger charge is -2.07. The SMILES string of the molecule is CCCn1c(-c2cncc(N)c2)nc2cc(Br)ccc21. The fourth-order valence-corrected chi connectivity index (χ4v) is 2.70. The Morgan fingerprint density at radius 3 is 2.85 bits per heavy atom. The van der Waals surface area contributed by atoms with Crippen molar-refractivity contribution in [2.24, 2.45) is 0 Å². The van der Waals surface area contributed by atoms with E-state index < -0.39 is 0 Å². The van der Waals surface area contributed by atoms with Crippen LogP contribution in [-0.2, 0) is 6.54 Å². The molecule has 5 heteroatoms. The minimum Gasteiger partial charge on any atom is -0.397 e. The number of aromatic nitrogens is 3. The summed E-state index contributed by atoms with van der Waals surface area (Å²) < 4.78 is 3.25. The summed E-state index contributed by atoms with van der Waals surface area (Å²) in [6.45, 7) is 3.08. The average molecular weight is 331 g/mol. The highest BCUT2D eigenvalue weighted by atomic mass is 79.9. The van der Waals surface area contributed by atoms with Gasteiger partial charge in [-0.1, -0.05) is 22.9 Å². The summed E-state index contributed by atoms with van der Waals surface area (Å²) in [5, 5.41) is 0. The lowest BCUT2D eigenvalue weighted by Crippen LogP contribution is -2.00. The van der Waals surface area contributed by atoms with Crippen molar-refractivity contribution in [3.63, 3.8) is 0 Å². The van der Waals surface area contributed by atoms with E-state index in [2.05, 4.69) is 38.5 Å². The first-order chi connectivity index (χ1) is 9.69. The van der Waals surface area contributed by atoms with Crippen LogP contribution in [0.1, 0.15) is 13.3 Å². The van der Waals surface area contributed by atoms with Gasteiger partial charge in [0.15, 0.2) is 0 Å². The predicted molar refractivity (Wildman–Crippen MR) is 85.4 cm³/mol. The van der Waals surface area contributed by atoms with Crippen LogP contribution in [0.25, 0.3) is 22.4 Å². The van der Waals surface area contributed by atoms with E-state index in [4.69, 9.17) is 10.7 Å². The zero-order chi connectivity index (χ0) is 14.1. The molecule has 0 aliphatic carbocycles. The van der Waals surface area contributed by atoms with Crippen LogP contribution in [0.4, 0.5) is 5.69 Å². The van der Waals surface area contributed by atoms with Crippen LogP contribution in [0.15, 0.2) is 41.1 Å². The molecule has 0 radical (unpaired) electrons. The van der Waals surface area contributed by atoms with E-state index in [-0.39, 0.29) is 0 Å². The fourth-order valence-electron chi connectivity index (χ4n) is 2.35. The number of hydrogen-bond acceptors (Lipinski definition) is 3. The maximum absolute atomic E-state index is 5.83. The minimum absolute atomic E-state index is 0.652. The first kappa shape index (κ1) is 13.1. The van der Waals surface area contributed by atoms with Gasteiger partial charge in [-0.05, 0) is 30.7 Å². The van der Waals surface area contributed by atoms with Gasteiger partial charge in [-0.25, -0.2) is 4.98 Å². The number of nitrogen functional groups attached to an aromatic ring is 1. The molecule has 3 rings (SSSR count). The number of hydrogen-bond donors (Lipinski definition) is 1. The average Bonchev–Trinajstić information content (AvgIpc) is 2.77. The summed E-state index contributed by atoms with van der Waals surface area (Å²) in [5.74, 6) is 0.916. The molecule has 0 fully saturated rings. The maximum Gasteiger partial charge on any atom is 0.142 e. The predicted octanol–water partition coefficient (Wildman–Crippen LogP) is 3.85. The largest absolute Gasteiger partial charge is 0.397 e. The van der Waals surface area contributed by atoms with Crippen LogP contribution in [0.5, 0.6) is 0 Å². The van der Waals surface area contributed by atoms with E-state index in [1.54, 1.807) is 12.4 Å². The zero-order valence-corrected chi connectivity index (χ0v) is 12.8. The molecule has 4 nitrogen and oxygen atoms in total. The molecule has 1 aromatic carbocycles. The monoisotopic (exact) mass is 330 g/mol. The number of anilines is 1. The van der Waals surface area contributed by atoms with Gasteiger partial charge in [0.2, 0.25) is 0 Å². The molecule has 20 heavy (non-hydrogen) atoms. The molecule has 0 saturated heterocycles. The lowest BCUT2D eigenvalue weighted by molar-refractivity contribution is 0.704. The highest BCUT2D eigenvalue weighted by molar-refractivity contribution is 9.10. The molecule has 102 valence electrons.